The quantitative estimate of drug-likeness (QED) is 0.743. The number of aromatic nitrogens is 1. The van der Waals surface area contributed by atoms with E-state index in [-0.39, 0.29) is 24.9 Å². The second-order valence-electron chi connectivity index (χ2n) is 7.18. The van der Waals surface area contributed by atoms with E-state index < -0.39 is 10.0 Å². The molecule has 0 aliphatic rings. The summed E-state index contributed by atoms with van der Waals surface area (Å²) in [5.74, 6) is -0.219. The van der Waals surface area contributed by atoms with Crippen molar-refractivity contribution in [2.24, 2.45) is 0 Å². The Labute approximate surface area is 167 Å². The maximum atomic E-state index is 12.9. The number of amides is 1. The van der Waals surface area contributed by atoms with E-state index in [0.29, 0.717) is 4.90 Å². The zero-order valence-electron chi connectivity index (χ0n) is 17.4. The molecule has 1 unspecified atom stereocenters. The average molecular weight is 404 g/mol. The molecule has 0 saturated carbocycles. The van der Waals surface area contributed by atoms with Crippen LogP contribution in [0.4, 0.5) is 0 Å². The molecule has 0 aliphatic heterocycles. The van der Waals surface area contributed by atoms with E-state index in [1.807, 2.05) is 53.7 Å². The molecule has 0 saturated heterocycles. The van der Waals surface area contributed by atoms with Crippen LogP contribution in [0.15, 0.2) is 29.4 Å². The smallest absolute Gasteiger partial charge is 0.241 e. The summed E-state index contributed by atoms with van der Waals surface area (Å²) in [4.78, 5) is 16.5. The molecule has 2 aromatic rings. The van der Waals surface area contributed by atoms with Crippen LogP contribution in [0, 0.1) is 34.6 Å². The number of benzene rings is 1. The van der Waals surface area contributed by atoms with Crippen molar-refractivity contribution in [1.29, 1.82) is 0 Å². The number of nitrogens with zero attached hydrogens (tertiary/aromatic N) is 1. The summed E-state index contributed by atoms with van der Waals surface area (Å²) in [5.41, 5.74) is 5.47. The second kappa shape index (κ2) is 8.84. The molecule has 0 aliphatic carbocycles. The predicted octanol–water partition coefficient (Wildman–Crippen LogP) is 3.17. The Kier molecular flexibility index (Phi) is 6.96. The number of nitrogens with one attached hydrogen (secondary N) is 2. The van der Waals surface area contributed by atoms with Gasteiger partial charge in [-0.1, -0.05) is 6.07 Å². The van der Waals surface area contributed by atoms with Crippen LogP contribution in [0.1, 0.15) is 52.8 Å². The molecule has 0 spiro atoms. The van der Waals surface area contributed by atoms with Crippen molar-refractivity contribution < 1.29 is 13.2 Å². The van der Waals surface area contributed by atoms with E-state index in [4.69, 9.17) is 0 Å². The number of pyridine rings is 1. The topological polar surface area (TPSA) is 88.2 Å². The third-order valence-corrected chi connectivity index (χ3v) is 7.14. The van der Waals surface area contributed by atoms with Gasteiger partial charge in [-0.3, -0.25) is 9.78 Å². The molecule has 6 nitrogen and oxygen atoms in total. The van der Waals surface area contributed by atoms with Gasteiger partial charge in [0.25, 0.3) is 0 Å². The van der Waals surface area contributed by atoms with E-state index in [1.54, 1.807) is 12.4 Å². The van der Waals surface area contributed by atoms with Crippen molar-refractivity contribution in [3.05, 3.63) is 57.9 Å². The van der Waals surface area contributed by atoms with Gasteiger partial charge in [0, 0.05) is 25.4 Å². The Morgan fingerprint density at radius 2 is 1.61 bits per heavy atom. The van der Waals surface area contributed by atoms with E-state index in [1.165, 1.54) is 0 Å². The number of rotatable bonds is 7. The van der Waals surface area contributed by atoms with Crippen LogP contribution in [0.2, 0.25) is 0 Å². The lowest BCUT2D eigenvalue weighted by Crippen LogP contribution is -2.32. The fourth-order valence-electron chi connectivity index (χ4n) is 3.27. The first-order valence-corrected chi connectivity index (χ1v) is 10.8. The summed E-state index contributed by atoms with van der Waals surface area (Å²) >= 11 is 0. The van der Waals surface area contributed by atoms with Crippen LogP contribution >= 0.6 is 0 Å². The average Bonchev–Trinajstić information content (AvgIpc) is 2.65. The van der Waals surface area contributed by atoms with Crippen molar-refractivity contribution in [3.8, 4) is 0 Å². The zero-order chi connectivity index (χ0) is 21.1. The normalized spacial score (nSPS) is 12.6. The lowest BCUT2D eigenvalue weighted by Gasteiger charge is -2.19. The Hall–Kier alpha value is -2.25. The number of carbonyl (C=O) groups excluding carboxylic acids is 1. The lowest BCUT2D eigenvalue weighted by molar-refractivity contribution is -0.121. The summed E-state index contributed by atoms with van der Waals surface area (Å²) < 4.78 is 28.3. The standard InChI is InChI=1S/C21H29N3O3S/c1-13-14(2)16(4)21(17(5)15(13)3)28(26,27)23-11-9-20(25)24-18(6)19-8-7-10-22-12-19/h7-8,10,12,18,23H,9,11H2,1-6H3,(H,24,25). The Balaban J connectivity index is 2.04. The van der Waals surface area contributed by atoms with Gasteiger partial charge in [-0.05, 0) is 81.0 Å². The maximum absolute atomic E-state index is 12.9. The summed E-state index contributed by atoms with van der Waals surface area (Å²) in [6, 6.07) is 3.50. The molecule has 2 rings (SSSR count). The summed E-state index contributed by atoms with van der Waals surface area (Å²) in [6.45, 7) is 11.4. The van der Waals surface area contributed by atoms with Gasteiger partial charge in [0.2, 0.25) is 15.9 Å². The Morgan fingerprint density at radius 1 is 1.04 bits per heavy atom. The molecular formula is C21H29N3O3S. The second-order valence-corrected chi connectivity index (χ2v) is 8.88. The molecule has 0 fully saturated rings. The largest absolute Gasteiger partial charge is 0.349 e. The van der Waals surface area contributed by atoms with E-state index in [9.17, 15) is 13.2 Å². The van der Waals surface area contributed by atoms with Crippen molar-refractivity contribution >= 4 is 15.9 Å². The van der Waals surface area contributed by atoms with Gasteiger partial charge in [0.1, 0.15) is 0 Å². The third kappa shape index (κ3) is 4.77. The molecule has 0 radical (unpaired) electrons. The number of hydrogen-bond acceptors (Lipinski definition) is 4. The van der Waals surface area contributed by atoms with Crippen LogP contribution < -0.4 is 10.0 Å². The van der Waals surface area contributed by atoms with Crippen molar-refractivity contribution in [2.75, 3.05) is 6.54 Å². The monoisotopic (exact) mass is 403 g/mol. The van der Waals surface area contributed by atoms with Crippen LogP contribution in [0.5, 0.6) is 0 Å². The third-order valence-electron chi connectivity index (χ3n) is 5.41. The first-order chi connectivity index (χ1) is 13.1. The van der Waals surface area contributed by atoms with Crippen molar-refractivity contribution in [3.63, 3.8) is 0 Å². The van der Waals surface area contributed by atoms with Crippen LogP contribution in [0.3, 0.4) is 0 Å². The van der Waals surface area contributed by atoms with Crippen molar-refractivity contribution in [2.45, 2.75) is 58.9 Å². The summed E-state index contributed by atoms with van der Waals surface area (Å²) in [6.07, 6.45) is 3.43. The minimum atomic E-state index is -3.70. The number of carbonyl (C=O) groups is 1. The maximum Gasteiger partial charge on any atom is 0.241 e. The zero-order valence-corrected chi connectivity index (χ0v) is 18.2. The predicted molar refractivity (Wildman–Crippen MR) is 111 cm³/mol. The van der Waals surface area contributed by atoms with Crippen LogP contribution in [-0.2, 0) is 14.8 Å². The molecule has 1 aromatic heterocycles. The van der Waals surface area contributed by atoms with Crippen molar-refractivity contribution in [1.82, 2.24) is 15.0 Å². The minimum Gasteiger partial charge on any atom is -0.349 e. The van der Waals surface area contributed by atoms with Gasteiger partial charge in [-0.2, -0.15) is 0 Å². The van der Waals surface area contributed by atoms with Gasteiger partial charge in [-0.25, -0.2) is 13.1 Å². The number of hydrogen-bond donors (Lipinski definition) is 2. The molecule has 1 heterocycles. The Morgan fingerprint density at radius 3 is 2.14 bits per heavy atom. The molecule has 152 valence electrons. The highest BCUT2D eigenvalue weighted by atomic mass is 32.2. The van der Waals surface area contributed by atoms with Crippen LogP contribution in [-0.4, -0.2) is 25.9 Å². The van der Waals surface area contributed by atoms with Gasteiger partial charge in [0.05, 0.1) is 10.9 Å². The fraction of sp³-hybridized carbons (Fsp3) is 0.429. The lowest BCUT2D eigenvalue weighted by atomic mass is 9.95. The molecular weight excluding hydrogens is 374 g/mol. The minimum absolute atomic E-state index is 0.0405. The van der Waals surface area contributed by atoms with Gasteiger partial charge in [-0.15, -0.1) is 0 Å². The molecule has 1 amide bonds. The molecule has 0 bridgehead atoms. The van der Waals surface area contributed by atoms with E-state index >= 15 is 0 Å². The summed E-state index contributed by atoms with van der Waals surface area (Å²) in [5, 5.41) is 2.86. The molecule has 2 N–H and O–H groups in total. The molecule has 1 aromatic carbocycles. The molecule has 28 heavy (non-hydrogen) atoms. The van der Waals surface area contributed by atoms with Crippen LogP contribution in [0.25, 0.3) is 0 Å². The SMILES string of the molecule is Cc1c(C)c(C)c(S(=O)(=O)NCCC(=O)NC(C)c2cccnc2)c(C)c1C. The first kappa shape index (κ1) is 22.0. The Bertz CT molecular complexity index is 941. The fourth-order valence-corrected chi connectivity index (χ4v) is 4.90. The van der Waals surface area contributed by atoms with Gasteiger partial charge >= 0.3 is 0 Å². The molecule has 1 atom stereocenters. The highest BCUT2D eigenvalue weighted by Crippen LogP contribution is 2.29. The highest BCUT2D eigenvalue weighted by Gasteiger charge is 2.23. The molecule has 7 heteroatoms. The van der Waals surface area contributed by atoms with E-state index in [0.717, 1.165) is 33.4 Å². The summed E-state index contributed by atoms with van der Waals surface area (Å²) in [7, 11) is -3.70. The van der Waals surface area contributed by atoms with Gasteiger partial charge < -0.3 is 5.32 Å². The number of sulfonamides is 1. The first-order valence-electron chi connectivity index (χ1n) is 9.32. The van der Waals surface area contributed by atoms with E-state index in [2.05, 4.69) is 15.0 Å². The van der Waals surface area contributed by atoms with Gasteiger partial charge in [0.15, 0.2) is 0 Å². The highest BCUT2D eigenvalue weighted by molar-refractivity contribution is 7.89.